The fourth-order valence-corrected chi connectivity index (χ4v) is 5.06. The van der Waals surface area contributed by atoms with Crippen LogP contribution in [-0.4, -0.2) is 33.0 Å². The molecule has 0 unspecified atom stereocenters. The largest absolute Gasteiger partial charge is 0.341 e. The number of piperidine rings is 1. The molecule has 1 aliphatic rings. The van der Waals surface area contributed by atoms with E-state index in [1.165, 1.54) is 4.57 Å². The van der Waals surface area contributed by atoms with Gasteiger partial charge < -0.3 is 4.90 Å². The van der Waals surface area contributed by atoms with E-state index >= 15 is 0 Å². The summed E-state index contributed by atoms with van der Waals surface area (Å²) in [4.78, 5) is 40.8. The molecule has 30 heavy (non-hydrogen) atoms. The fourth-order valence-electron chi connectivity index (χ4n) is 4.24. The topological polar surface area (TPSA) is 64.3 Å². The Morgan fingerprint density at radius 2 is 1.73 bits per heavy atom. The molecule has 0 bridgehead atoms. The van der Waals surface area contributed by atoms with Crippen molar-refractivity contribution in [2.75, 3.05) is 13.1 Å². The van der Waals surface area contributed by atoms with Crippen LogP contribution in [0.15, 0.2) is 39.2 Å². The minimum atomic E-state index is -0.901. The van der Waals surface area contributed by atoms with E-state index in [0.717, 1.165) is 34.5 Å². The average molecular weight is 433 g/mol. The van der Waals surface area contributed by atoms with Gasteiger partial charge in [-0.05, 0) is 41.8 Å². The Labute approximate surface area is 175 Å². The van der Waals surface area contributed by atoms with Gasteiger partial charge >= 0.3 is 5.69 Å². The number of halogens is 2. The highest BCUT2D eigenvalue weighted by molar-refractivity contribution is 7.17. The number of benzene rings is 1. The van der Waals surface area contributed by atoms with Crippen molar-refractivity contribution in [1.29, 1.82) is 0 Å². The third kappa shape index (κ3) is 3.69. The van der Waals surface area contributed by atoms with Crippen molar-refractivity contribution >= 4 is 27.5 Å². The van der Waals surface area contributed by atoms with Gasteiger partial charge in [-0.2, -0.15) is 0 Å². The van der Waals surface area contributed by atoms with Crippen molar-refractivity contribution in [1.82, 2.24) is 14.0 Å². The first-order chi connectivity index (χ1) is 14.2. The number of carbonyl (C=O) groups is 1. The highest BCUT2D eigenvalue weighted by Gasteiger charge is 2.27. The molecule has 0 aliphatic carbocycles. The third-order valence-corrected chi connectivity index (χ3v) is 6.27. The zero-order valence-corrected chi connectivity index (χ0v) is 17.4. The molecule has 6 nitrogen and oxygen atoms in total. The van der Waals surface area contributed by atoms with Crippen molar-refractivity contribution < 1.29 is 13.6 Å². The molecule has 158 valence electrons. The van der Waals surface area contributed by atoms with Crippen molar-refractivity contribution in [2.45, 2.75) is 26.8 Å². The molecule has 1 aromatic carbocycles. The molecule has 1 aliphatic heterocycles. The number of fused-ring (bicyclic) bond motifs is 1. The minimum Gasteiger partial charge on any atom is -0.341 e. The maximum atomic E-state index is 13.7. The number of aromatic nitrogens is 2. The summed E-state index contributed by atoms with van der Waals surface area (Å²) in [6.45, 7) is 5.14. The molecule has 0 radical (unpaired) electrons. The van der Waals surface area contributed by atoms with Crippen LogP contribution < -0.4 is 11.2 Å². The molecule has 9 heteroatoms. The molecule has 2 aromatic heterocycles. The molecule has 3 aromatic rings. The highest BCUT2D eigenvalue weighted by atomic mass is 32.1. The van der Waals surface area contributed by atoms with Gasteiger partial charge in [0.25, 0.3) is 5.56 Å². The molecule has 3 heterocycles. The third-order valence-electron chi connectivity index (χ3n) is 5.38. The number of likely N-dealkylation sites (tertiary alicyclic amines) is 1. The number of hydrogen-bond acceptors (Lipinski definition) is 4. The number of thiophene rings is 1. The van der Waals surface area contributed by atoms with E-state index in [2.05, 4.69) is 13.8 Å². The van der Waals surface area contributed by atoms with Crippen LogP contribution in [0.4, 0.5) is 8.78 Å². The average Bonchev–Trinajstić information content (AvgIpc) is 3.13. The van der Waals surface area contributed by atoms with Gasteiger partial charge in [-0.3, -0.25) is 14.2 Å². The first-order valence-corrected chi connectivity index (χ1v) is 10.6. The molecular formula is C21H21F2N3O3S. The van der Waals surface area contributed by atoms with Crippen LogP contribution in [0.2, 0.25) is 0 Å². The summed E-state index contributed by atoms with van der Waals surface area (Å²) in [7, 11) is 0. The molecule has 0 saturated carbocycles. The van der Waals surface area contributed by atoms with Crippen LogP contribution in [0.25, 0.3) is 15.9 Å². The van der Waals surface area contributed by atoms with E-state index in [9.17, 15) is 23.2 Å². The van der Waals surface area contributed by atoms with Crippen LogP contribution in [0.3, 0.4) is 0 Å². The van der Waals surface area contributed by atoms with Crippen molar-refractivity contribution in [3.63, 3.8) is 0 Å². The summed E-state index contributed by atoms with van der Waals surface area (Å²) in [6.07, 6.45) is 1.04. The summed E-state index contributed by atoms with van der Waals surface area (Å²) in [5.41, 5.74) is -1.34. The minimum absolute atomic E-state index is 0.209. The van der Waals surface area contributed by atoms with Crippen molar-refractivity contribution in [3.05, 3.63) is 62.1 Å². The van der Waals surface area contributed by atoms with Crippen LogP contribution in [0.5, 0.6) is 0 Å². The SMILES string of the molecule is C[C@@H]1C[C@@H](C)CN(C(=O)Cn2c(=O)n(-c3cc(F)cc(F)c3)c(=O)c3sccc32)C1. The monoisotopic (exact) mass is 433 g/mol. The Morgan fingerprint density at radius 1 is 1.10 bits per heavy atom. The maximum Gasteiger partial charge on any atom is 0.336 e. The molecular weight excluding hydrogens is 412 g/mol. The van der Waals surface area contributed by atoms with Crippen LogP contribution >= 0.6 is 11.3 Å². The van der Waals surface area contributed by atoms with Crippen LogP contribution in [0, 0.1) is 23.5 Å². The lowest BCUT2D eigenvalue weighted by Crippen LogP contribution is -2.46. The Morgan fingerprint density at radius 3 is 2.37 bits per heavy atom. The molecule has 2 atom stereocenters. The smallest absolute Gasteiger partial charge is 0.336 e. The Kier molecular flexibility index (Phi) is 5.31. The number of hydrogen-bond donors (Lipinski definition) is 0. The van der Waals surface area contributed by atoms with Gasteiger partial charge in [0.2, 0.25) is 5.91 Å². The fraction of sp³-hybridized carbons (Fsp3) is 0.381. The normalized spacial score (nSPS) is 19.4. The second-order valence-electron chi connectivity index (χ2n) is 8.02. The van der Waals surface area contributed by atoms with E-state index in [-0.39, 0.29) is 22.8 Å². The predicted molar refractivity (Wildman–Crippen MR) is 111 cm³/mol. The standard InChI is InChI=1S/C21H21F2N3O3S/c1-12-5-13(2)10-24(9-12)18(27)11-25-17-3-4-30-19(17)20(28)26(21(25)29)16-7-14(22)6-15(23)8-16/h3-4,6-8,12-13H,5,9-11H2,1-2H3/t12-,13-/m1/s1. The lowest BCUT2D eigenvalue weighted by Gasteiger charge is -2.35. The lowest BCUT2D eigenvalue weighted by molar-refractivity contribution is -0.134. The van der Waals surface area contributed by atoms with E-state index in [1.807, 2.05) is 0 Å². The van der Waals surface area contributed by atoms with Crippen LogP contribution in [0.1, 0.15) is 20.3 Å². The zero-order valence-electron chi connectivity index (χ0n) is 16.6. The second-order valence-corrected chi connectivity index (χ2v) is 8.93. The molecule has 1 saturated heterocycles. The number of amides is 1. The second kappa shape index (κ2) is 7.79. The maximum absolute atomic E-state index is 13.7. The zero-order chi connectivity index (χ0) is 21.6. The number of nitrogens with zero attached hydrogens (tertiary/aromatic N) is 3. The first-order valence-electron chi connectivity index (χ1n) is 9.72. The van der Waals surface area contributed by atoms with E-state index < -0.39 is 22.9 Å². The summed E-state index contributed by atoms with van der Waals surface area (Å²) in [6, 6.07) is 4.12. The summed E-state index contributed by atoms with van der Waals surface area (Å²) in [5, 5.41) is 1.65. The Bertz CT molecular complexity index is 1220. The Hall–Kier alpha value is -2.81. The molecule has 1 amide bonds. The molecule has 0 spiro atoms. The van der Waals surface area contributed by atoms with Gasteiger partial charge in [-0.15, -0.1) is 11.3 Å². The van der Waals surface area contributed by atoms with E-state index in [0.29, 0.717) is 36.5 Å². The summed E-state index contributed by atoms with van der Waals surface area (Å²) < 4.78 is 29.6. The summed E-state index contributed by atoms with van der Waals surface area (Å²) >= 11 is 1.11. The molecule has 4 rings (SSSR count). The number of rotatable bonds is 3. The van der Waals surface area contributed by atoms with Crippen LogP contribution in [-0.2, 0) is 11.3 Å². The van der Waals surface area contributed by atoms with Gasteiger partial charge in [0.05, 0.1) is 11.2 Å². The molecule has 1 fully saturated rings. The van der Waals surface area contributed by atoms with Gasteiger partial charge in [0, 0.05) is 19.2 Å². The Balaban J connectivity index is 1.82. The first kappa shape index (κ1) is 20.5. The predicted octanol–water partition coefficient (Wildman–Crippen LogP) is 3.00. The van der Waals surface area contributed by atoms with Crippen molar-refractivity contribution in [2.24, 2.45) is 11.8 Å². The number of carbonyl (C=O) groups excluding carboxylic acids is 1. The molecule has 0 N–H and O–H groups in total. The van der Waals surface area contributed by atoms with Crippen molar-refractivity contribution in [3.8, 4) is 5.69 Å². The van der Waals surface area contributed by atoms with E-state index in [1.54, 1.807) is 16.3 Å². The van der Waals surface area contributed by atoms with E-state index in [4.69, 9.17) is 0 Å². The lowest BCUT2D eigenvalue weighted by atomic mass is 9.92. The quantitative estimate of drug-likeness (QED) is 0.638. The van der Waals surface area contributed by atoms with Gasteiger partial charge in [-0.1, -0.05) is 13.8 Å². The van der Waals surface area contributed by atoms with Gasteiger partial charge in [-0.25, -0.2) is 18.1 Å². The van der Waals surface area contributed by atoms with Gasteiger partial charge in [0.1, 0.15) is 22.9 Å². The highest BCUT2D eigenvalue weighted by Crippen LogP contribution is 2.22. The summed E-state index contributed by atoms with van der Waals surface area (Å²) in [5.74, 6) is -1.30. The van der Waals surface area contributed by atoms with Gasteiger partial charge in [0.15, 0.2) is 0 Å².